The second-order valence-electron chi connectivity index (χ2n) is 2.07. The van der Waals surface area contributed by atoms with Crippen LogP contribution in [0.4, 0.5) is 0 Å². The van der Waals surface area contributed by atoms with E-state index >= 15 is 0 Å². The van der Waals surface area contributed by atoms with E-state index in [1.165, 1.54) is 13.8 Å². The van der Waals surface area contributed by atoms with Gasteiger partial charge in [-0.1, -0.05) is 31.9 Å². The van der Waals surface area contributed by atoms with E-state index in [9.17, 15) is 25.9 Å². The van der Waals surface area contributed by atoms with Gasteiger partial charge in [0.2, 0.25) is 0 Å². The maximum Gasteiger partial charge on any atom is 1.00 e. The second kappa shape index (κ2) is 11.6. The first-order valence-electron chi connectivity index (χ1n) is 3.06. The average molecular weight is 422 g/mol. The smallest absolute Gasteiger partial charge is 0.747 e. The molecule has 0 aromatic carbocycles. The first-order valence-corrected chi connectivity index (χ1v) is 7.84. The summed E-state index contributed by atoms with van der Waals surface area (Å²) >= 11 is 5.19. The zero-order valence-electron chi connectivity index (χ0n) is 9.18. The SMILES string of the molecule is CC(Br)S(=O)(=O)[O-].CC(Br)S(=O)(=O)[O-].[Na+].[Na+]. The van der Waals surface area contributed by atoms with Crippen LogP contribution in [0, 0.1) is 0 Å². The molecule has 0 heterocycles. The molecule has 2 unspecified atom stereocenters. The normalized spacial score (nSPS) is 14.4. The number of halogens is 2. The molecule has 12 heteroatoms. The topological polar surface area (TPSA) is 114 Å². The molecule has 0 bridgehead atoms. The Morgan fingerprint density at radius 3 is 0.875 bits per heavy atom. The zero-order valence-corrected chi connectivity index (χ0v) is 18.0. The predicted octanol–water partition coefficient (Wildman–Crippen LogP) is -5.45. The Balaban J connectivity index is -0.0000000800. The first kappa shape index (κ1) is 27.2. The number of hydrogen-bond donors (Lipinski definition) is 0. The average Bonchev–Trinajstić information content (AvgIpc) is 1.83. The molecule has 0 amide bonds. The molecule has 0 radical (unpaired) electrons. The Morgan fingerprint density at radius 1 is 0.812 bits per heavy atom. The molecule has 16 heavy (non-hydrogen) atoms. The van der Waals surface area contributed by atoms with Gasteiger partial charge in [0.15, 0.2) is 0 Å². The van der Waals surface area contributed by atoms with Crippen LogP contribution in [0.1, 0.15) is 13.8 Å². The van der Waals surface area contributed by atoms with Crippen molar-refractivity contribution in [3.05, 3.63) is 0 Å². The first-order chi connectivity index (χ1) is 5.89. The van der Waals surface area contributed by atoms with Gasteiger partial charge >= 0.3 is 59.1 Å². The van der Waals surface area contributed by atoms with Gasteiger partial charge in [0.05, 0.1) is 0 Å². The molecule has 0 fully saturated rings. The van der Waals surface area contributed by atoms with Crippen LogP contribution in [0.25, 0.3) is 0 Å². The van der Waals surface area contributed by atoms with Gasteiger partial charge in [-0.15, -0.1) is 0 Å². The van der Waals surface area contributed by atoms with Crippen molar-refractivity contribution in [2.45, 2.75) is 22.2 Å². The number of hydrogen-bond acceptors (Lipinski definition) is 6. The molecule has 0 N–H and O–H groups in total. The maximum atomic E-state index is 9.73. The van der Waals surface area contributed by atoms with Crippen LogP contribution in [0.15, 0.2) is 0 Å². The summed E-state index contributed by atoms with van der Waals surface area (Å²) in [6.45, 7) is 2.53. The van der Waals surface area contributed by atoms with Gasteiger partial charge in [0.1, 0.15) is 28.6 Å². The molecule has 0 aliphatic rings. The quantitative estimate of drug-likeness (QED) is 0.249. The molecule has 0 aliphatic carbocycles. The molecule has 88 valence electrons. The molecule has 0 saturated heterocycles. The van der Waals surface area contributed by atoms with Gasteiger partial charge in [-0.3, -0.25) is 0 Å². The van der Waals surface area contributed by atoms with Gasteiger partial charge in [-0.05, 0) is 13.8 Å². The van der Waals surface area contributed by atoms with Crippen LogP contribution in [0.3, 0.4) is 0 Å². The fourth-order valence-electron chi connectivity index (χ4n) is 0. The molecule has 0 aromatic heterocycles. The fourth-order valence-corrected chi connectivity index (χ4v) is 0. The largest absolute Gasteiger partial charge is 1.00 e. The standard InChI is InChI=1S/2C2H5BrO3S.2Na/c2*1-2(3)7(4,5)6;;/h2*2H,1H3,(H,4,5,6);;/q;;2*+1/p-2. The van der Waals surface area contributed by atoms with Gasteiger partial charge < -0.3 is 9.11 Å². The van der Waals surface area contributed by atoms with E-state index in [2.05, 4.69) is 31.9 Å². The van der Waals surface area contributed by atoms with E-state index in [0.29, 0.717) is 0 Å². The van der Waals surface area contributed by atoms with Crippen molar-refractivity contribution < 1.29 is 85.1 Å². The molecular formula is C4H8Br2Na2O6S2. The Labute approximate surface area is 157 Å². The van der Waals surface area contributed by atoms with Gasteiger partial charge in [-0.25, -0.2) is 16.8 Å². The van der Waals surface area contributed by atoms with Crippen LogP contribution in [0.2, 0.25) is 0 Å². The van der Waals surface area contributed by atoms with E-state index < -0.39 is 28.6 Å². The third-order valence-electron chi connectivity index (χ3n) is 0.796. The summed E-state index contributed by atoms with van der Waals surface area (Å²) in [5, 5.41) is 0. The minimum Gasteiger partial charge on any atom is -0.747 e. The summed E-state index contributed by atoms with van der Waals surface area (Å²) in [6.07, 6.45) is 0. The molecule has 0 spiro atoms. The summed E-state index contributed by atoms with van der Waals surface area (Å²) in [4.78, 5) is 0. The Kier molecular flexibility index (Phi) is 19.7. The summed E-state index contributed by atoms with van der Waals surface area (Å²) in [7, 11) is -8.15. The third-order valence-corrected chi connectivity index (χ3v) is 5.13. The maximum absolute atomic E-state index is 9.73. The van der Waals surface area contributed by atoms with Gasteiger partial charge in [0, 0.05) is 0 Å². The Bertz CT molecular complexity index is 315. The van der Waals surface area contributed by atoms with E-state index in [-0.39, 0.29) is 59.1 Å². The van der Waals surface area contributed by atoms with Crippen molar-refractivity contribution in [2.75, 3.05) is 0 Å². The molecule has 0 saturated carbocycles. The number of alkyl halides is 2. The fraction of sp³-hybridized carbons (Fsp3) is 1.00. The van der Waals surface area contributed by atoms with Crippen LogP contribution < -0.4 is 59.1 Å². The van der Waals surface area contributed by atoms with Crippen molar-refractivity contribution in [1.82, 2.24) is 0 Å². The van der Waals surface area contributed by atoms with Crippen molar-refractivity contribution >= 4 is 52.1 Å². The molecule has 0 aromatic rings. The van der Waals surface area contributed by atoms with Crippen molar-refractivity contribution in [3.63, 3.8) is 0 Å². The van der Waals surface area contributed by atoms with E-state index in [1.54, 1.807) is 0 Å². The van der Waals surface area contributed by atoms with Crippen molar-refractivity contribution in [3.8, 4) is 0 Å². The summed E-state index contributed by atoms with van der Waals surface area (Å²) in [6, 6.07) is 0. The Hall–Kier alpha value is 2.78. The van der Waals surface area contributed by atoms with E-state index in [4.69, 9.17) is 0 Å². The van der Waals surface area contributed by atoms with Crippen LogP contribution in [-0.2, 0) is 20.2 Å². The monoisotopic (exact) mass is 420 g/mol. The number of rotatable bonds is 2. The van der Waals surface area contributed by atoms with Gasteiger partial charge in [-0.2, -0.15) is 0 Å². The van der Waals surface area contributed by atoms with E-state index in [0.717, 1.165) is 0 Å². The van der Waals surface area contributed by atoms with Gasteiger partial charge in [0.25, 0.3) is 0 Å². The van der Waals surface area contributed by atoms with Crippen molar-refractivity contribution in [2.24, 2.45) is 0 Å². The minimum absolute atomic E-state index is 0. The second-order valence-corrected chi connectivity index (χ2v) is 9.42. The molecular weight excluding hydrogens is 414 g/mol. The van der Waals surface area contributed by atoms with Crippen molar-refractivity contribution in [1.29, 1.82) is 0 Å². The molecule has 0 aliphatic heterocycles. The summed E-state index contributed by atoms with van der Waals surface area (Å²) in [5.41, 5.74) is 0. The summed E-state index contributed by atoms with van der Waals surface area (Å²) < 4.78 is 56.4. The van der Waals surface area contributed by atoms with Crippen LogP contribution in [0.5, 0.6) is 0 Å². The third kappa shape index (κ3) is 19.1. The molecule has 6 nitrogen and oxygen atoms in total. The Morgan fingerprint density at radius 2 is 0.875 bits per heavy atom. The van der Waals surface area contributed by atoms with Crippen LogP contribution >= 0.6 is 31.9 Å². The molecule has 0 rings (SSSR count). The minimum atomic E-state index is -4.07. The van der Waals surface area contributed by atoms with E-state index in [1.807, 2.05) is 0 Å². The summed E-state index contributed by atoms with van der Waals surface area (Å²) in [5.74, 6) is 0. The van der Waals surface area contributed by atoms with Crippen LogP contribution in [-0.4, -0.2) is 34.3 Å². The zero-order chi connectivity index (χ0) is 12.2. The molecule has 2 atom stereocenters. The predicted molar refractivity (Wildman–Crippen MR) is 56.2 cm³/mol.